The highest BCUT2D eigenvalue weighted by Gasteiger charge is 2.15. The van der Waals surface area contributed by atoms with E-state index in [-0.39, 0.29) is 6.04 Å². The molecule has 3 aromatic rings. The third-order valence-corrected chi connectivity index (χ3v) is 4.69. The molecule has 0 saturated heterocycles. The van der Waals surface area contributed by atoms with Crippen molar-refractivity contribution in [2.75, 3.05) is 0 Å². The fourth-order valence-corrected chi connectivity index (χ4v) is 3.72. The van der Waals surface area contributed by atoms with Gasteiger partial charge in [0.25, 0.3) is 0 Å². The predicted octanol–water partition coefficient (Wildman–Crippen LogP) is 4.18. The van der Waals surface area contributed by atoms with Crippen molar-refractivity contribution in [2.24, 2.45) is 0 Å². The van der Waals surface area contributed by atoms with Crippen LogP contribution in [0.15, 0.2) is 36.7 Å². The Morgan fingerprint density at radius 3 is 2.71 bits per heavy atom. The van der Waals surface area contributed by atoms with Crippen LogP contribution in [0.25, 0.3) is 11.4 Å². The molecule has 3 heterocycles. The lowest BCUT2D eigenvalue weighted by Crippen LogP contribution is -2.09. The third kappa shape index (κ3) is 2.96. The number of nitrogens with zero attached hydrogens (tertiary/aromatic N) is 3. The molecule has 21 heavy (non-hydrogen) atoms. The number of aromatic nitrogens is 4. The quantitative estimate of drug-likeness (QED) is 0.735. The molecule has 0 spiro atoms. The van der Waals surface area contributed by atoms with E-state index in [9.17, 15) is 0 Å². The summed E-state index contributed by atoms with van der Waals surface area (Å²) < 4.78 is 2.74. The topological polar surface area (TPSA) is 46.5 Å². The number of hydrogen-bond donors (Lipinski definition) is 1. The van der Waals surface area contributed by atoms with Crippen LogP contribution < -0.4 is 0 Å². The van der Waals surface area contributed by atoms with Crippen molar-refractivity contribution in [3.05, 3.63) is 51.2 Å². The summed E-state index contributed by atoms with van der Waals surface area (Å²) in [4.78, 5) is 6.75. The Morgan fingerprint density at radius 1 is 1.29 bits per heavy atom. The largest absolute Gasteiger partial charge is 0.297 e. The first kappa shape index (κ1) is 14.2. The number of hydrogen-bond acceptors (Lipinski definition) is 4. The van der Waals surface area contributed by atoms with Gasteiger partial charge in [0.05, 0.1) is 0 Å². The smallest absolute Gasteiger partial charge is 0.195 e. The zero-order valence-corrected chi connectivity index (χ0v) is 13.5. The van der Waals surface area contributed by atoms with Crippen LogP contribution in [0.4, 0.5) is 0 Å². The molecule has 6 heteroatoms. The average Bonchev–Trinajstić information content (AvgIpc) is 3.06. The molecule has 0 fully saturated rings. The maximum atomic E-state index is 5.40. The molecule has 0 aromatic carbocycles. The molecule has 0 radical (unpaired) electrons. The van der Waals surface area contributed by atoms with Crippen molar-refractivity contribution < 1.29 is 0 Å². The van der Waals surface area contributed by atoms with E-state index < -0.39 is 0 Å². The van der Waals surface area contributed by atoms with Gasteiger partial charge in [0.1, 0.15) is 0 Å². The van der Waals surface area contributed by atoms with E-state index in [1.165, 1.54) is 9.75 Å². The Kier molecular flexibility index (Phi) is 3.98. The minimum atomic E-state index is 0.248. The molecular weight excluding hydrogens is 300 g/mol. The summed E-state index contributed by atoms with van der Waals surface area (Å²) in [5.41, 5.74) is 1.02. The van der Waals surface area contributed by atoms with Gasteiger partial charge in [-0.2, -0.15) is 5.10 Å². The van der Waals surface area contributed by atoms with Crippen molar-refractivity contribution >= 4 is 23.6 Å². The summed E-state index contributed by atoms with van der Waals surface area (Å²) >= 11 is 7.24. The number of rotatable bonds is 4. The van der Waals surface area contributed by atoms with E-state index in [2.05, 4.69) is 45.7 Å². The molecule has 0 saturated carbocycles. The summed E-state index contributed by atoms with van der Waals surface area (Å²) in [7, 11) is 0. The highest BCUT2D eigenvalue weighted by Crippen LogP contribution is 2.25. The van der Waals surface area contributed by atoms with Crippen LogP contribution in [0, 0.1) is 11.7 Å². The van der Waals surface area contributed by atoms with Crippen molar-refractivity contribution in [1.82, 2.24) is 19.7 Å². The number of aromatic amines is 1. The summed E-state index contributed by atoms with van der Waals surface area (Å²) in [6.45, 7) is 4.30. The first-order chi connectivity index (χ1) is 10.1. The summed E-state index contributed by atoms with van der Waals surface area (Å²) in [5, 5.41) is 7.28. The molecule has 0 amide bonds. The van der Waals surface area contributed by atoms with Crippen molar-refractivity contribution in [1.29, 1.82) is 0 Å². The zero-order valence-electron chi connectivity index (χ0n) is 11.9. The van der Waals surface area contributed by atoms with E-state index in [1.54, 1.807) is 12.4 Å². The Morgan fingerprint density at radius 2 is 2.05 bits per heavy atom. The normalized spacial score (nSPS) is 12.5. The van der Waals surface area contributed by atoms with E-state index in [0.717, 1.165) is 17.8 Å². The summed E-state index contributed by atoms with van der Waals surface area (Å²) in [6.07, 6.45) is 4.49. The molecule has 1 unspecified atom stereocenters. The lowest BCUT2D eigenvalue weighted by atomic mass is 10.2. The van der Waals surface area contributed by atoms with Crippen LogP contribution in [-0.4, -0.2) is 19.7 Å². The molecule has 108 valence electrons. The van der Waals surface area contributed by atoms with Crippen LogP contribution in [0.3, 0.4) is 0 Å². The standard InChI is InChI=1S/C15H16N4S2/c1-10(9-13-4-3-11(2)21-13)19-14(17-18-15(19)20)12-5-7-16-8-6-12/h3-8,10H,9H2,1-2H3,(H,18,20). The second-order valence-electron chi connectivity index (χ2n) is 5.02. The lowest BCUT2D eigenvalue weighted by Gasteiger charge is -2.14. The Labute approximate surface area is 132 Å². The van der Waals surface area contributed by atoms with E-state index in [4.69, 9.17) is 12.2 Å². The fraction of sp³-hybridized carbons (Fsp3) is 0.267. The van der Waals surface area contributed by atoms with Gasteiger partial charge in [0.2, 0.25) is 0 Å². The SMILES string of the molecule is Cc1ccc(CC(C)n2c(-c3ccncc3)n[nH]c2=S)s1. The molecule has 3 aromatic heterocycles. The predicted molar refractivity (Wildman–Crippen MR) is 88.1 cm³/mol. The lowest BCUT2D eigenvalue weighted by molar-refractivity contribution is 0.546. The number of H-pyrrole nitrogens is 1. The van der Waals surface area contributed by atoms with Gasteiger partial charge < -0.3 is 0 Å². The first-order valence-electron chi connectivity index (χ1n) is 6.78. The molecule has 1 atom stereocenters. The van der Waals surface area contributed by atoms with Crippen LogP contribution in [-0.2, 0) is 6.42 Å². The van der Waals surface area contributed by atoms with Gasteiger partial charge in [-0.05, 0) is 50.3 Å². The Bertz CT molecular complexity index is 785. The molecule has 3 rings (SSSR count). The molecule has 0 bridgehead atoms. The monoisotopic (exact) mass is 316 g/mol. The average molecular weight is 316 g/mol. The van der Waals surface area contributed by atoms with Crippen molar-refractivity contribution in [2.45, 2.75) is 26.3 Å². The van der Waals surface area contributed by atoms with Gasteiger partial charge in [0, 0.05) is 40.2 Å². The molecule has 4 nitrogen and oxygen atoms in total. The van der Waals surface area contributed by atoms with Gasteiger partial charge >= 0.3 is 0 Å². The van der Waals surface area contributed by atoms with Crippen molar-refractivity contribution in [3.8, 4) is 11.4 Å². The zero-order chi connectivity index (χ0) is 14.8. The molecular formula is C15H16N4S2. The number of aryl methyl sites for hydroxylation is 1. The maximum absolute atomic E-state index is 5.40. The number of pyridine rings is 1. The minimum Gasteiger partial charge on any atom is -0.297 e. The molecule has 0 aliphatic rings. The highest BCUT2D eigenvalue weighted by atomic mass is 32.1. The van der Waals surface area contributed by atoms with E-state index in [0.29, 0.717) is 4.77 Å². The maximum Gasteiger partial charge on any atom is 0.195 e. The van der Waals surface area contributed by atoms with Crippen LogP contribution >= 0.6 is 23.6 Å². The van der Waals surface area contributed by atoms with Crippen molar-refractivity contribution in [3.63, 3.8) is 0 Å². The van der Waals surface area contributed by atoms with Crippen LogP contribution in [0.1, 0.15) is 22.7 Å². The van der Waals surface area contributed by atoms with Gasteiger partial charge in [0.15, 0.2) is 10.6 Å². The molecule has 1 N–H and O–H groups in total. The third-order valence-electron chi connectivity index (χ3n) is 3.38. The first-order valence-corrected chi connectivity index (χ1v) is 8.00. The Balaban J connectivity index is 1.95. The van der Waals surface area contributed by atoms with Gasteiger partial charge in [-0.3, -0.25) is 14.6 Å². The number of thiophene rings is 1. The summed E-state index contributed by atoms with van der Waals surface area (Å²) in [6, 6.07) is 8.49. The number of nitrogens with one attached hydrogen (secondary N) is 1. The Hall–Kier alpha value is -1.79. The van der Waals surface area contributed by atoms with Crippen LogP contribution in [0.5, 0.6) is 0 Å². The fourth-order valence-electron chi connectivity index (χ4n) is 2.40. The molecule has 0 aliphatic carbocycles. The molecule has 0 aliphatic heterocycles. The van der Waals surface area contributed by atoms with Gasteiger partial charge in [-0.25, -0.2) is 0 Å². The van der Waals surface area contributed by atoms with E-state index >= 15 is 0 Å². The summed E-state index contributed by atoms with van der Waals surface area (Å²) in [5.74, 6) is 0.864. The van der Waals surface area contributed by atoms with E-state index in [1.807, 2.05) is 23.5 Å². The second kappa shape index (κ2) is 5.91. The minimum absolute atomic E-state index is 0.248. The van der Waals surface area contributed by atoms with Crippen LogP contribution in [0.2, 0.25) is 0 Å². The second-order valence-corrected chi connectivity index (χ2v) is 6.78. The van der Waals surface area contributed by atoms with Gasteiger partial charge in [-0.15, -0.1) is 11.3 Å². The highest BCUT2D eigenvalue weighted by molar-refractivity contribution is 7.71. The van der Waals surface area contributed by atoms with Gasteiger partial charge in [-0.1, -0.05) is 0 Å².